The van der Waals surface area contributed by atoms with Crippen LogP contribution in [0.15, 0.2) is 24.3 Å². The molecule has 0 saturated heterocycles. The van der Waals surface area contributed by atoms with Crippen molar-refractivity contribution in [2.45, 2.75) is 26.8 Å². The first-order valence-corrected chi connectivity index (χ1v) is 9.91. The third-order valence-corrected chi connectivity index (χ3v) is 5.90. The van der Waals surface area contributed by atoms with E-state index < -0.39 is 11.9 Å². The molecule has 0 aliphatic carbocycles. The number of primary amides is 1. The summed E-state index contributed by atoms with van der Waals surface area (Å²) in [5.41, 5.74) is 8.54. The molecule has 0 bridgehead atoms. The van der Waals surface area contributed by atoms with Gasteiger partial charge in [-0.1, -0.05) is 24.3 Å². The Kier molecular flexibility index (Phi) is 6.11. The fourth-order valence-corrected chi connectivity index (χ4v) is 4.41. The number of carbonyl (C=O) groups excluding carboxylic acids is 3. The Labute approximate surface area is 167 Å². The maximum Gasteiger partial charge on any atom is 0.341 e. The number of ether oxygens (including phenoxy) is 1. The predicted octanol–water partition coefficient (Wildman–Crippen LogP) is 2.33. The molecule has 1 aliphatic rings. The van der Waals surface area contributed by atoms with Gasteiger partial charge >= 0.3 is 5.97 Å². The van der Waals surface area contributed by atoms with Crippen molar-refractivity contribution >= 4 is 34.1 Å². The summed E-state index contributed by atoms with van der Waals surface area (Å²) in [4.78, 5) is 38.8. The Hall–Kier alpha value is -2.71. The molecule has 2 amide bonds. The largest absolute Gasteiger partial charge is 0.462 e. The van der Waals surface area contributed by atoms with Gasteiger partial charge < -0.3 is 15.8 Å². The fourth-order valence-electron chi connectivity index (χ4n) is 3.34. The first kappa shape index (κ1) is 20.0. The van der Waals surface area contributed by atoms with Crippen LogP contribution in [-0.2, 0) is 22.5 Å². The molecule has 3 N–H and O–H groups in total. The summed E-state index contributed by atoms with van der Waals surface area (Å²) in [6, 6.07) is 8.19. The Bertz CT molecular complexity index is 922. The number of hydrogen-bond donors (Lipinski definition) is 2. The predicted molar refractivity (Wildman–Crippen MR) is 108 cm³/mol. The van der Waals surface area contributed by atoms with Gasteiger partial charge in [0.1, 0.15) is 5.00 Å². The van der Waals surface area contributed by atoms with Crippen molar-refractivity contribution in [2.24, 2.45) is 5.73 Å². The van der Waals surface area contributed by atoms with E-state index in [2.05, 4.69) is 22.3 Å². The number of esters is 1. The highest BCUT2D eigenvalue weighted by Gasteiger charge is 2.26. The van der Waals surface area contributed by atoms with Crippen molar-refractivity contribution in [1.29, 1.82) is 0 Å². The SMILES string of the molecule is CCOC(=O)c1c(NC(=O)CN2CCc3ccccc3C2)sc(C(N)=O)c1C. The Morgan fingerprint density at radius 3 is 2.64 bits per heavy atom. The van der Waals surface area contributed by atoms with Crippen LogP contribution in [0.4, 0.5) is 5.00 Å². The van der Waals surface area contributed by atoms with Gasteiger partial charge in [0.05, 0.1) is 23.6 Å². The minimum Gasteiger partial charge on any atom is -0.462 e. The summed E-state index contributed by atoms with van der Waals surface area (Å²) in [6.45, 7) is 5.19. The van der Waals surface area contributed by atoms with Crippen LogP contribution >= 0.6 is 11.3 Å². The van der Waals surface area contributed by atoms with Crippen LogP contribution in [0.2, 0.25) is 0 Å². The molecule has 0 spiro atoms. The number of benzene rings is 1. The highest BCUT2D eigenvalue weighted by molar-refractivity contribution is 7.18. The number of rotatable bonds is 6. The van der Waals surface area contributed by atoms with Gasteiger partial charge in [0, 0.05) is 13.1 Å². The van der Waals surface area contributed by atoms with E-state index in [0.29, 0.717) is 17.1 Å². The van der Waals surface area contributed by atoms with Gasteiger partial charge in [0.2, 0.25) is 5.91 Å². The van der Waals surface area contributed by atoms with Crippen molar-refractivity contribution in [1.82, 2.24) is 4.90 Å². The summed E-state index contributed by atoms with van der Waals surface area (Å²) in [7, 11) is 0. The molecule has 0 atom stereocenters. The Morgan fingerprint density at radius 2 is 1.96 bits per heavy atom. The van der Waals surface area contributed by atoms with E-state index in [1.54, 1.807) is 13.8 Å². The number of thiophene rings is 1. The van der Waals surface area contributed by atoms with Crippen LogP contribution < -0.4 is 11.1 Å². The van der Waals surface area contributed by atoms with Crippen LogP contribution in [0, 0.1) is 6.92 Å². The highest BCUT2D eigenvalue weighted by atomic mass is 32.1. The van der Waals surface area contributed by atoms with Gasteiger partial charge in [0.25, 0.3) is 5.91 Å². The summed E-state index contributed by atoms with van der Waals surface area (Å²) in [6.07, 6.45) is 0.890. The van der Waals surface area contributed by atoms with Crippen LogP contribution in [0.5, 0.6) is 0 Å². The second-order valence-corrected chi connectivity index (χ2v) is 7.64. The van der Waals surface area contributed by atoms with Gasteiger partial charge in [-0.15, -0.1) is 11.3 Å². The van der Waals surface area contributed by atoms with E-state index >= 15 is 0 Å². The molecule has 148 valence electrons. The topological polar surface area (TPSA) is 102 Å². The zero-order valence-electron chi connectivity index (χ0n) is 15.9. The molecule has 2 heterocycles. The molecule has 1 aliphatic heterocycles. The van der Waals surface area contributed by atoms with Crippen LogP contribution in [0.3, 0.4) is 0 Å². The molecule has 1 aromatic carbocycles. The number of anilines is 1. The lowest BCUT2D eigenvalue weighted by atomic mass is 10.00. The number of hydrogen-bond acceptors (Lipinski definition) is 6. The molecule has 3 rings (SSSR count). The van der Waals surface area contributed by atoms with Gasteiger partial charge in [-0.25, -0.2) is 4.79 Å². The Balaban J connectivity index is 1.74. The molecule has 0 fully saturated rings. The first-order chi connectivity index (χ1) is 13.4. The standard InChI is InChI=1S/C20H23N3O4S/c1-3-27-20(26)16-12(2)17(18(21)25)28-19(16)22-15(24)11-23-9-8-13-6-4-5-7-14(13)10-23/h4-7H,3,8-11H2,1-2H3,(H2,21,25)(H,22,24). The summed E-state index contributed by atoms with van der Waals surface area (Å²) in [5.74, 6) is -1.46. The molecule has 7 nitrogen and oxygen atoms in total. The number of amides is 2. The average Bonchev–Trinajstić information content (AvgIpc) is 2.98. The number of nitrogens with one attached hydrogen (secondary N) is 1. The zero-order valence-corrected chi connectivity index (χ0v) is 16.7. The quantitative estimate of drug-likeness (QED) is 0.724. The smallest absolute Gasteiger partial charge is 0.341 e. The van der Waals surface area contributed by atoms with Gasteiger partial charge in [-0.2, -0.15) is 0 Å². The van der Waals surface area contributed by atoms with Crippen molar-refractivity contribution in [3.63, 3.8) is 0 Å². The number of nitrogens with two attached hydrogens (primary N) is 1. The number of fused-ring (bicyclic) bond motifs is 1. The molecule has 0 saturated carbocycles. The van der Waals surface area contributed by atoms with Crippen molar-refractivity contribution in [3.8, 4) is 0 Å². The molecule has 0 unspecified atom stereocenters. The number of nitrogens with zero attached hydrogens (tertiary/aromatic N) is 1. The van der Waals surface area contributed by atoms with E-state index in [1.807, 2.05) is 12.1 Å². The third kappa shape index (κ3) is 4.23. The maximum absolute atomic E-state index is 12.6. The lowest BCUT2D eigenvalue weighted by Gasteiger charge is -2.28. The van der Waals surface area contributed by atoms with Crippen molar-refractivity contribution in [2.75, 3.05) is 25.0 Å². The Morgan fingerprint density at radius 1 is 1.25 bits per heavy atom. The van der Waals surface area contributed by atoms with E-state index in [1.165, 1.54) is 11.1 Å². The fraction of sp³-hybridized carbons (Fsp3) is 0.350. The molecule has 1 aromatic heterocycles. The highest BCUT2D eigenvalue weighted by Crippen LogP contribution is 2.33. The third-order valence-electron chi connectivity index (χ3n) is 4.68. The molecule has 28 heavy (non-hydrogen) atoms. The first-order valence-electron chi connectivity index (χ1n) is 9.10. The van der Waals surface area contributed by atoms with Crippen molar-refractivity contribution < 1.29 is 19.1 Å². The lowest BCUT2D eigenvalue weighted by molar-refractivity contribution is -0.117. The van der Waals surface area contributed by atoms with E-state index in [4.69, 9.17) is 10.5 Å². The van der Waals surface area contributed by atoms with Gasteiger partial charge in [-0.05, 0) is 37.0 Å². The van der Waals surface area contributed by atoms with Crippen LogP contribution in [-0.4, -0.2) is 42.4 Å². The van der Waals surface area contributed by atoms with Crippen LogP contribution in [0.1, 0.15) is 43.6 Å². The van der Waals surface area contributed by atoms with Crippen molar-refractivity contribution in [3.05, 3.63) is 51.4 Å². The van der Waals surface area contributed by atoms with E-state index in [9.17, 15) is 14.4 Å². The molecule has 2 aromatic rings. The summed E-state index contributed by atoms with van der Waals surface area (Å²) < 4.78 is 5.07. The second kappa shape index (κ2) is 8.53. The van der Waals surface area contributed by atoms with Crippen LogP contribution in [0.25, 0.3) is 0 Å². The lowest BCUT2D eigenvalue weighted by Crippen LogP contribution is -2.37. The summed E-state index contributed by atoms with van der Waals surface area (Å²) in [5, 5.41) is 3.06. The molecular formula is C20H23N3O4S. The minimum atomic E-state index is -0.638. The second-order valence-electron chi connectivity index (χ2n) is 6.62. The van der Waals surface area contributed by atoms with E-state index in [-0.39, 0.29) is 29.5 Å². The molecule has 8 heteroatoms. The van der Waals surface area contributed by atoms with E-state index in [0.717, 1.165) is 24.3 Å². The average molecular weight is 401 g/mol. The monoisotopic (exact) mass is 401 g/mol. The van der Waals surface area contributed by atoms with Gasteiger partial charge in [-0.3, -0.25) is 14.5 Å². The summed E-state index contributed by atoms with van der Waals surface area (Å²) >= 11 is 1.00. The zero-order chi connectivity index (χ0) is 20.3. The maximum atomic E-state index is 12.6. The number of carbonyl (C=O) groups is 3. The molecular weight excluding hydrogens is 378 g/mol. The minimum absolute atomic E-state index is 0.193. The van der Waals surface area contributed by atoms with Gasteiger partial charge in [0.15, 0.2) is 0 Å². The normalized spacial score (nSPS) is 13.6. The molecule has 0 radical (unpaired) electrons.